The SMILES string of the molecule is CSc1ncc(-c2cc3cc[nH]c(=O)c3c(Nc3ccc(C4CCNCC4)cc3)n2)cn1. The molecule has 1 aliphatic heterocycles. The topological polar surface area (TPSA) is 95.6 Å². The number of H-pyrrole nitrogens is 1. The second kappa shape index (κ2) is 9.10. The summed E-state index contributed by atoms with van der Waals surface area (Å²) in [6, 6.07) is 12.2. The van der Waals surface area contributed by atoms with Crippen molar-refractivity contribution < 1.29 is 0 Å². The van der Waals surface area contributed by atoms with Gasteiger partial charge in [-0.3, -0.25) is 4.79 Å². The first-order valence-electron chi connectivity index (χ1n) is 10.7. The van der Waals surface area contributed by atoms with Gasteiger partial charge >= 0.3 is 0 Å². The minimum Gasteiger partial charge on any atom is -0.340 e. The van der Waals surface area contributed by atoms with Crippen LogP contribution in [-0.4, -0.2) is 39.3 Å². The number of pyridine rings is 2. The van der Waals surface area contributed by atoms with Crippen molar-refractivity contribution in [1.29, 1.82) is 0 Å². The Labute approximate surface area is 190 Å². The lowest BCUT2D eigenvalue weighted by Gasteiger charge is -2.23. The molecule has 162 valence electrons. The lowest BCUT2D eigenvalue weighted by atomic mass is 9.90. The van der Waals surface area contributed by atoms with Crippen molar-refractivity contribution >= 4 is 34.0 Å². The molecule has 7 nitrogen and oxygen atoms in total. The summed E-state index contributed by atoms with van der Waals surface area (Å²) >= 11 is 1.49. The van der Waals surface area contributed by atoms with Crippen LogP contribution in [0, 0.1) is 0 Å². The summed E-state index contributed by atoms with van der Waals surface area (Å²) in [5, 5.41) is 8.82. The highest BCUT2D eigenvalue weighted by Gasteiger charge is 2.16. The molecule has 1 saturated heterocycles. The normalized spacial score (nSPS) is 14.5. The largest absolute Gasteiger partial charge is 0.340 e. The summed E-state index contributed by atoms with van der Waals surface area (Å²) in [4.78, 5) is 28.9. The number of nitrogens with zero attached hydrogens (tertiary/aromatic N) is 3. The summed E-state index contributed by atoms with van der Waals surface area (Å²) in [6.07, 6.45) is 9.44. The van der Waals surface area contributed by atoms with Gasteiger partial charge in [0.15, 0.2) is 5.16 Å². The summed E-state index contributed by atoms with van der Waals surface area (Å²) in [5.41, 5.74) is 3.58. The number of hydrogen-bond acceptors (Lipinski definition) is 7. The molecule has 0 atom stereocenters. The van der Waals surface area contributed by atoms with Crippen molar-refractivity contribution in [3.8, 4) is 11.3 Å². The Morgan fingerprint density at radius 2 is 1.81 bits per heavy atom. The molecule has 0 amide bonds. The molecule has 5 rings (SSSR count). The zero-order valence-corrected chi connectivity index (χ0v) is 18.6. The van der Waals surface area contributed by atoms with E-state index in [1.807, 2.05) is 18.4 Å². The van der Waals surface area contributed by atoms with Crippen molar-refractivity contribution in [2.45, 2.75) is 23.9 Å². The minimum atomic E-state index is -0.177. The molecule has 0 radical (unpaired) electrons. The molecule has 32 heavy (non-hydrogen) atoms. The average molecular weight is 445 g/mol. The summed E-state index contributed by atoms with van der Waals surface area (Å²) < 4.78 is 0. The second-order valence-electron chi connectivity index (χ2n) is 7.86. The van der Waals surface area contributed by atoms with Gasteiger partial charge in [-0.05, 0) is 73.3 Å². The van der Waals surface area contributed by atoms with Crippen molar-refractivity contribution in [2.75, 3.05) is 24.7 Å². The molecular weight excluding hydrogens is 420 g/mol. The standard InChI is InChI=1S/C24H24N6OS/c1-32-24-27-13-18(14-28-24)20-12-17-8-11-26-23(31)21(17)22(30-20)29-19-4-2-15(3-5-19)16-6-9-25-10-7-16/h2-5,8,11-14,16,25H,6-7,9-10H2,1H3,(H,26,31)(H,29,30). The van der Waals surface area contributed by atoms with Gasteiger partial charge < -0.3 is 15.6 Å². The molecule has 0 bridgehead atoms. The van der Waals surface area contributed by atoms with E-state index < -0.39 is 0 Å². The third-order valence-electron chi connectivity index (χ3n) is 5.84. The zero-order chi connectivity index (χ0) is 21.9. The van der Waals surface area contributed by atoms with Gasteiger partial charge in [0.1, 0.15) is 5.82 Å². The Balaban J connectivity index is 1.51. The predicted octanol–water partition coefficient (Wildman–Crippen LogP) is 4.31. The quantitative estimate of drug-likeness (QED) is 0.312. The number of anilines is 2. The van der Waals surface area contributed by atoms with Crippen molar-refractivity contribution in [3.05, 3.63) is 70.9 Å². The van der Waals surface area contributed by atoms with Crippen molar-refractivity contribution in [2.24, 2.45) is 0 Å². The van der Waals surface area contributed by atoms with Crippen LogP contribution >= 0.6 is 11.8 Å². The van der Waals surface area contributed by atoms with E-state index in [2.05, 4.69) is 49.9 Å². The molecule has 4 aromatic rings. The maximum atomic E-state index is 12.6. The van der Waals surface area contributed by atoms with E-state index >= 15 is 0 Å². The van der Waals surface area contributed by atoms with Gasteiger partial charge in [0.25, 0.3) is 5.56 Å². The Morgan fingerprint density at radius 3 is 2.53 bits per heavy atom. The number of nitrogens with one attached hydrogen (secondary N) is 3. The van der Waals surface area contributed by atoms with Gasteiger partial charge in [-0.1, -0.05) is 23.9 Å². The third-order valence-corrected chi connectivity index (χ3v) is 6.42. The molecule has 0 unspecified atom stereocenters. The van der Waals surface area contributed by atoms with Crippen LogP contribution in [0.2, 0.25) is 0 Å². The third kappa shape index (κ3) is 4.24. The molecule has 0 spiro atoms. The lowest BCUT2D eigenvalue weighted by Crippen LogP contribution is -2.26. The summed E-state index contributed by atoms with van der Waals surface area (Å²) in [7, 11) is 0. The van der Waals surface area contributed by atoms with Gasteiger partial charge in [-0.2, -0.15) is 0 Å². The number of fused-ring (bicyclic) bond motifs is 1. The molecule has 4 heterocycles. The van der Waals surface area contributed by atoms with Gasteiger partial charge in [0.2, 0.25) is 0 Å². The number of aromatic amines is 1. The van der Waals surface area contributed by atoms with Crippen LogP contribution in [0.15, 0.2) is 64.9 Å². The van der Waals surface area contributed by atoms with E-state index in [0.29, 0.717) is 28.0 Å². The monoisotopic (exact) mass is 444 g/mol. The fourth-order valence-corrected chi connectivity index (χ4v) is 4.45. The van der Waals surface area contributed by atoms with Crippen LogP contribution < -0.4 is 16.2 Å². The second-order valence-corrected chi connectivity index (χ2v) is 8.63. The predicted molar refractivity (Wildman–Crippen MR) is 130 cm³/mol. The molecule has 8 heteroatoms. The molecule has 3 aromatic heterocycles. The van der Waals surface area contributed by atoms with Gasteiger partial charge in [0, 0.05) is 29.8 Å². The Kier molecular flexibility index (Phi) is 5.87. The first-order valence-corrected chi connectivity index (χ1v) is 11.9. The van der Waals surface area contributed by atoms with Crippen LogP contribution in [0.1, 0.15) is 24.3 Å². The van der Waals surface area contributed by atoms with Gasteiger partial charge in [-0.25, -0.2) is 15.0 Å². The molecule has 3 N–H and O–H groups in total. The van der Waals surface area contributed by atoms with Gasteiger partial charge in [-0.15, -0.1) is 0 Å². The van der Waals surface area contributed by atoms with Crippen LogP contribution in [0.25, 0.3) is 22.0 Å². The summed E-state index contributed by atoms with van der Waals surface area (Å²) in [5.74, 6) is 1.11. The van der Waals surface area contributed by atoms with E-state index in [-0.39, 0.29) is 5.56 Å². The Bertz CT molecular complexity index is 1280. The van der Waals surface area contributed by atoms with Crippen LogP contribution in [0.3, 0.4) is 0 Å². The fraction of sp³-hybridized carbons (Fsp3) is 0.250. The molecule has 1 fully saturated rings. The highest BCUT2D eigenvalue weighted by atomic mass is 32.2. The van der Waals surface area contributed by atoms with E-state index in [4.69, 9.17) is 4.98 Å². The fourth-order valence-electron chi connectivity index (χ4n) is 4.14. The number of aromatic nitrogens is 4. The number of hydrogen-bond donors (Lipinski definition) is 3. The van der Waals surface area contributed by atoms with Gasteiger partial charge in [0.05, 0.1) is 11.1 Å². The smallest absolute Gasteiger partial charge is 0.259 e. The Hall–Kier alpha value is -3.23. The molecule has 0 aliphatic carbocycles. The number of benzene rings is 1. The number of rotatable bonds is 5. The average Bonchev–Trinajstić information content (AvgIpc) is 2.85. The first kappa shape index (κ1) is 20.7. The minimum absolute atomic E-state index is 0.177. The van der Waals surface area contributed by atoms with Crippen molar-refractivity contribution in [3.63, 3.8) is 0 Å². The first-order chi connectivity index (χ1) is 15.7. The van der Waals surface area contributed by atoms with E-state index in [1.165, 1.54) is 17.3 Å². The maximum Gasteiger partial charge on any atom is 0.259 e. The molecule has 1 aromatic carbocycles. The maximum absolute atomic E-state index is 12.6. The summed E-state index contributed by atoms with van der Waals surface area (Å²) in [6.45, 7) is 2.13. The van der Waals surface area contributed by atoms with Crippen molar-refractivity contribution in [1.82, 2.24) is 25.3 Å². The highest BCUT2D eigenvalue weighted by Crippen LogP contribution is 2.30. The van der Waals surface area contributed by atoms with E-state index in [9.17, 15) is 4.79 Å². The molecular formula is C24H24N6OS. The van der Waals surface area contributed by atoms with E-state index in [1.54, 1.807) is 18.6 Å². The van der Waals surface area contributed by atoms with Crippen LogP contribution in [0.4, 0.5) is 11.5 Å². The molecule has 0 saturated carbocycles. The van der Waals surface area contributed by atoms with Crippen LogP contribution in [-0.2, 0) is 0 Å². The molecule has 1 aliphatic rings. The van der Waals surface area contributed by atoms with Crippen LogP contribution in [0.5, 0.6) is 0 Å². The van der Waals surface area contributed by atoms with E-state index in [0.717, 1.165) is 42.6 Å². The Morgan fingerprint density at radius 1 is 1.06 bits per heavy atom. The lowest BCUT2D eigenvalue weighted by molar-refractivity contribution is 0.460. The zero-order valence-electron chi connectivity index (χ0n) is 17.8. The highest BCUT2D eigenvalue weighted by molar-refractivity contribution is 7.98. The number of thioether (sulfide) groups is 1. The number of piperidine rings is 1.